The van der Waals surface area contributed by atoms with Crippen LogP contribution in [0.25, 0.3) is 0 Å². The summed E-state index contributed by atoms with van der Waals surface area (Å²) in [5.74, 6) is 0.636. The molecular formula is C16H22ClFN2OS. The van der Waals surface area contributed by atoms with Crippen LogP contribution in [0.3, 0.4) is 0 Å². The number of fused-ring (bicyclic) bond motifs is 2. The lowest BCUT2D eigenvalue weighted by Gasteiger charge is -2.24. The number of hydrogen-bond acceptors (Lipinski definition) is 3. The molecule has 2 saturated heterocycles. The Labute approximate surface area is 141 Å². The molecule has 1 aromatic rings. The molecule has 1 N–H and O–H groups in total. The first-order valence-corrected chi connectivity index (χ1v) is 8.62. The molecule has 0 aliphatic carbocycles. The van der Waals surface area contributed by atoms with Gasteiger partial charge in [0.25, 0.3) is 0 Å². The molecule has 0 spiro atoms. The van der Waals surface area contributed by atoms with Crippen LogP contribution >= 0.6 is 24.2 Å². The number of amides is 1. The number of nitrogens with one attached hydrogen (secondary N) is 1. The summed E-state index contributed by atoms with van der Waals surface area (Å²) in [4.78, 5) is 14.9. The summed E-state index contributed by atoms with van der Waals surface area (Å²) in [6, 6.07) is 7.80. The minimum atomic E-state index is -0.203. The molecular weight excluding hydrogens is 323 g/mol. The summed E-state index contributed by atoms with van der Waals surface area (Å²) >= 11 is 1.42. The van der Waals surface area contributed by atoms with Crippen LogP contribution < -0.4 is 5.32 Å². The quantitative estimate of drug-likeness (QED) is 0.852. The van der Waals surface area contributed by atoms with E-state index in [1.54, 1.807) is 12.1 Å². The Hall–Kier alpha value is -0.780. The van der Waals surface area contributed by atoms with Gasteiger partial charge in [0.1, 0.15) is 5.82 Å². The monoisotopic (exact) mass is 344 g/mol. The predicted octanol–water partition coefficient (Wildman–Crippen LogP) is 3.08. The largest absolute Gasteiger partial charge is 0.341 e. The third kappa shape index (κ3) is 4.37. The highest BCUT2D eigenvalue weighted by molar-refractivity contribution is 7.99. The van der Waals surface area contributed by atoms with E-state index in [9.17, 15) is 9.18 Å². The van der Waals surface area contributed by atoms with Gasteiger partial charge in [-0.1, -0.05) is 12.1 Å². The van der Waals surface area contributed by atoms with E-state index in [-0.39, 0.29) is 24.1 Å². The lowest BCUT2D eigenvalue weighted by molar-refractivity contribution is -0.130. The summed E-state index contributed by atoms with van der Waals surface area (Å²) in [6.45, 7) is 1.69. The Bertz CT molecular complexity index is 517. The van der Waals surface area contributed by atoms with E-state index < -0.39 is 0 Å². The standard InChI is InChI=1S/C16H21FN2OS.ClH/c17-14-3-1-2-4-15(14)21-10-8-16(20)19-9-7-12-5-6-13(11-19)18-12;/h1-4,12-13,18H,5-11H2;1H. The van der Waals surface area contributed by atoms with Crippen molar-refractivity contribution in [2.45, 2.75) is 42.7 Å². The highest BCUT2D eigenvalue weighted by Gasteiger charge is 2.30. The maximum absolute atomic E-state index is 13.5. The first kappa shape index (κ1) is 17.6. The van der Waals surface area contributed by atoms with Gasteiger partial charge in [0.05, 0.1) is 0 Å². The number of hydrogen-bond donors (Lipinski definition) is 1. The summed E-state index contributed by atoms with van der Waals surface area (Å²) in [5.41, 5.74) is 0. The van der Waals surface area contributed by atoms with Crippen LogP contribution in [0, 0.1) is 5.82 Å². The molecule has 2 atom stereocenters. The predicted molar refractivity (Wildman–Crippen MR) is 90.1 cm³/mol. The molecule has 22 heavy (non-hydrogen) atoms. The van der Waals surface area contributed by atoms with Gasteiger partial charge in [-0.2, -0.15) is 0 Å². The topological polar surface area (TPSA) is 32.3 Å². The highest BCUT2D eigenvalue weighted by atomic mass is 35.5. The molecule has 3 rings (SSSR count). The first-order valence-electron chi connectivity index (χ1n) is 7.63. The molecule has 2 fully saturated rings. The molecule has 0 saturated carbocycles. The van der Waals surface area contributed by atoms with Gasteiger partial charge >= 0.3 is 0 Å². The average Bonchev–Trinajstić information content (AvgIpc) is 2.80. The fraction of sp³-hybridized carbons (Fsp3) is 0.562. The Balaban J connectivity index is 0.00000176. The highest BCUT2D eigenvalue weighted by Crippen LogP contribution is 2.23. The molecule has 122 valence electrons. The van der Waals surface area contributed by atoms with Gasteiger partial charge in [-0.25, -0.2) is 4.39 Å². The van der Waals surface area contributed by atoms with Crippen molar-refractivity contribution in [2.75, 3.05) is 18.8 Å². The number of carbonyl (C=O) groups excluding carboxylic acids is 1. The van der Waals surface area contributed by atoms with Crippen molar-refractivity contribution in [3.63, 3.8) is 0 Å². The third-order valence-electron chi connectivity index (χ3n) is 4.29. The fourth-order valence-electron chi connectivity index (χ4n) is 3.14. The molecule has 2 bridgehead atoms. The number of benzene rings is 1. The second-order valence-corrected chi connectivity index (χ2v) is 6.93. The Morgan fingerprint density at radius 3 is 2.86 bits per heavy atom. The maximum atomic E-state index is 13.5. The van der Waals surface area contributed by atoms with E-state index >= 15 is 0 Å². The molecule has 1 amide bonds. The van der Waals surface area contributed by atoms with Gasteiger partial charge in [-0.15, -0.1) is 24.2 Å². The van der Waals surface area contributed by atoms with Crippen molar-refractivity contribution in [2.24, 2.45) is 0 Å². The van der Waals surface area contributed by atoms with Crippen LogP contribution in [-0.2, 0) is 4.79 Å². The number of likely N-dealkylation sites (tertiary alicyclic amines) is 1. The maximum Gasteiger partial charge on any atom is 0.223 e. The summed E-state index contributed by atoms with van der Waals surface area (Å²) in [5, 5.41) is 3.58. The molecule has 0 radical (unpaired) electrons. The average molecular weight is 345 g/mol. The van der Waals surface area contributed by atoms with Gasteiger partial charge in [0.15, 0.2) is 0 Å². The van der Waals surface area contributed by atoms with Gasteiger partial charge in [-0.3, -0.25) is 4.79 Å². The first-order chi connectivity index (χ1) is 10.2. The fourth-order valence-corrected chi connectivity index (χ4v) is 4.02. The van der Waals surface area contributed by atoms with E-state index in [1.807, 2.05) is 11.0 Å². The van der Waals surface area contributed by atoms with E-state index in [0.29, 0.717) is 29.2 Å². The number of carbonyl (C=O) groups is 1. The summed E-state index contributed by atoms with van der Waals surface area (Å²) < 4.78 is 13.5. The van der Waals surface area contributed by atoms with E-state index in [0.717, 1.165) is 19.5 Å². The van der Waals surface area contributed by atoms with Crippen molar-refractivity contribution in [3.8, 4) is 0 Å². The molecule has 2 aliphatic heterocycles. The van der Waals surface area contributed by atoms with Crippen molar-refractivity contribution in [1.82, 2.24) is 10.2 Å². The van der Waals surface area contributed by atoms with Crippen LogP contribution in [0.4, 0.5) is 4.39 Å². The Morgan fingerprint density at radius 1 is 1.27 bits per heavy atom. The zero-order valence-electron chi connectivity index (χ0n) is 12.5. The second-order valence-electron chi connectivity index (χ2n) is 5.80. The van der Waals surface area contributed by atoms with Crippen molar-refractivity contribution < 1.29 is 9.18 Å². The zero-order valence-corrected chi connectivity index (χ0v) is 14.1. The van der Waals surface area contributed by atoms with Crippen molar-refractivity contribution >= 4 is 30.1 Å². The van der Waals surface area contributed by atoms with Gasteiger partial charge in [-0.05, 0) is 31.4 Å². The van der Waals surface area contributed by atoms with Crippen molar-refractivity contribution in [3.05, 3.63) is 30.1 Å². The van der Waals surface area contributed by atoms with E-state index in [2.05, 4.69) is 5.32 Å². The van der Waals surface area contributed by atoms with Crippen LogP contribution in [-0.4, -0.2) is 41.7 Å². The van der Waals surface area contributed by atoms with E-state index in [1.165, 1.54) is 30.7 Å². The lowest BCUT2D eigenvalue weighted by Crippen LogP contribution is -2.39. The zero-order chi connectivity index (χ0) is 14.7. The Morgan fingerprint density at radius 2 is 2.05 bits per heavy atom. The van der Waals surface area contributed by atoms with Crippen molar-refractivity contribution in [1.29, 1.82) is 0 Å². The van der Waals surface area contributed by atoms with Gasteiger partial charge in [0.2, 0.25) is 5.91 Å². The third-order valence-corrected chi connectivity index (χ3v) is 5.34. The molecule has 2 heterocycles. The van der Waals surface area contributed by atoms with E-state index in [4.69, 9.17) is 0 Å². The second kappa shape index (κ2) is 8.18. The number of thioether (sulfide) groups is 1. The molecule has 2 aliphatic rings. The molecule has 1 aromatic carbocycles. The molecule has 6 heteroatoms. The molecule has 0 aromatic heterocycles. The number of halogens is 2. The van der Waals surface area contributed by atoms with Gasteiger partial charge in [0, 0.05) is 42.2 Å². The smallest absolute Gasteiger partial charge is 0.223 e. The number of rotatable bonds is 4. The SMILES string of the molecule is Cl.O=C(CCSc1ccccc1F)N1CCC2CCC(C1)N2. The Kier molecular flexibility index (Phi) is 6.53. The lowest BCUT2D eigenvalue weighted by atomic mass is 10.1. The van der Waals surface area contributed by atoms with Gasteiger partial charge < -0.3 is 10.2 Å². The van der Waals surface area contributed by atoms with Crippen LogP contribution in [0.2, 0.25) is 0 Å². The van der Waals surface area contributed by atoms with Crippen LogP contribution in [0.5, 0.6) is 0 Å². The summed E-state index contributed by atoms with van der Waals surface area (Å²) in [7, 11) is 0. The minimum Gasteiger partial charge on any atom is -0.341 e. The molecule has 2 unspecified atom stereocenters. The van der Waals surface area contributed by atoms with Crippen LogP contribution in [0.1, 0.15) is 25.7 Å². The van der Waals surface area contributed by atoms with Crippen LogP contribution in [0.15, 0.2) is 29.2 Å². The minimum absolute atomic E-state index is 0. The normalized spacial score (nSPS) is 23.8. The summed E-state index contributed by atoms with van der Waals surface area (Å²) in [6.07, 6.45) is 3.97. The molecule has 3 nitrogen and oxygen atoms in total. The number of nitrogens with zero attached hydrogens (tertiary/aromatic N) is 1.